The number of carbonyl (C=O) groups is 4. The van der Waals surface area contributed by atoms with Crippen LogP contribution in [0.1, 0.15) is 41.3 Å². The first-order valence-corrected chi connectivity index (χ1v) is 16.1. The van der Waals surface area contributed by atoms with Crippen molar-refractivity contribution in [2.24, 2.45) is 5.73 Å². The number of aromatic hydroxyl groups is 1. The molecule has 1 saturated heterocycles. The standard InChI is InChI=1S/C34H40N4O7.C2HF3O2/c1-5-45-33(41)25-11-13-26(14-12-25)36-34(42)37(29(32(35)40)19-23-8-15-28(39)16-9-23)27-7-6-18-38(2,22-27)21-24-10-17-30(43-3)31(20-24)44-4;3-2(4,5)1(6)7/h8-17,20,29H,5-7,18-19,21-22H2,1-4H3,(H2-2,35,36,39,40,41,42);(H,6,7)/p+2/b37-27+;/t29-,38?;/m0./s1. The van der Waals surface area contributed by atoms with E-state index in [1.807, 2.05) is 18.2 Å². The van der Waals surface area contributed by atoms with Gasteiger partial charge in [0.25, 0.3) is 5.91 Å². The van der Waals surface area contributed by atoms with Crippen molar-refractivity contribution >= 4 is 35.3 Å². The molecule has 3 aromatic rings. The number of hydrogen-bond donors (Lipinski definition) is 4. The molecule has 1 aliphatic rings. The number of anilines is 1. The zero-order valence-corrected chi connectivity index (χ0v) is 29.2. The number of carboxylic acid groups (broad SMARTS) is 1. The molecule has 1 aliphatic heterocycles. The number of ether oxygens (including phenoxy) is 3. The number of benzene rings is 3. The number of carboxylic acids is 1. The second-order valence-electron chi connectivity index (χ2n) is 12.2. The van der Waals surface area contributed by atoms with Crippen molar-refractivity contribution in [2.75, 3.05) is 46.3 Å². The normalized spacial score (nSPS) is 17.1. The van der Waals surface area contributed by atoms with E-state index in [1.54, 1.807) is 57.5 Å². The smallest absolute Gasteiger partial charge is 0.496 e. The van der Waals surface area contributed by atoms with Gasteiger partial charge in [0.2, 0.25) is 0 Å². The highest BCUT2D eigenvalue weighted by Crippen LogP contribution is 2.30. The van der Waals surface area contributed by atoms with Crippen LogP contribution in [0.25, 0.3) is 0 Å². The van der Waals surface area contributed by atoms with Crippen LogP contribution in [0.5, 0.6) is 17.2 Å². The molecule has 13 nitrogen and oxygen atoms in total. The molecule has 280 valence electrons. The number of aliphatic carboxylic acids is 1. The number of urea groups is 1. The zero-order valence-electron chi connectivity index (χ0n) is 29.2. The van der Waals surface area contributed by atoms with Crippen LogP contribution in [0, 0.1) is 0 Å². The van der Waals surface area contributed by atoms with E-state index >= 15 is 0 Å². The third-order valence-electron chi connectivity index (χ3n) is 8.19. The molecule has 1 unspecified atom stereocenters. The van der Waals surface area contributed by atoms with Crippen molar-refractivity contribution in [3.63, 3.8) is 0 Å². The van der Waals surface area contributed by atoms with Gasteiger partial charge in [0.15, 0.2) is 17.5 Å². The van der Waals surface area contributed by atoms with E-state index in [1.165, 1.54) is 16.7 Å². The molecule has 0 aliphatic carbocycles. The van der Waals surface area contributed by atoms with Crippen LogP contribution in [0.4, 0.5) is 23.7 Å². The number of hydrogen-bond acceptors (Lipinski definition) is 8. The number of alkyl halides is 3. The van der Waals surface area contributed by atoms with Gasteiger partial charge in [-0.1, -0.05) is 12.1 Å². The summed E-state index contributed by atoms with van der Waals surface area (Å²) in [4.78, 5) is 48.1. The maximum absolute atomic E-state index is 14.1. The van der Waals surface area contributed by atoms with Crippen LogP contribution in [0.2, 0.25) is 0 Å². The minimum absolute atomic E-state index is 0.0973. The van der Waals surface area contributed by atoms with E-state index in [2.05, 4.69) is 12.4 Å². The van der Waals surface area contributed by atoms with Crippen LogP contribution < -0.4 is 20.5 Å². The average molecular weight is 733 g/mol. The van der Waals surface area contributed by atoms with Gasteiger partial charge in [0, 0.05) is 24.8 Å². The Morgan fingerprint density at radius 1 is 0.962 bits per heavy atom. The Balaban J connectivity index is 0.000000944. The third kappa shape index (κ3) is 11.4. The predicted octanol–water partition coefficient (Wildman–Crippen LogP) is 4.74. The van der Waals surface area contributed by atoms with Crippen LogP contribution in [-0.4, -0.2) is 102 Å². The molecular formula is C36H43F3N4O9+2. The molecule has 1 fully saturated rings. The molecule has 4 rings (SSSR count). The Hall–Kier alpha value is -5.64. The Labute approximate surface area is 298 Å². The molecule has 2 atom stereocenters. The number of likely N-dealkylation sites (tertiary alicyclic amines) is 1. The minimum atomic E-state index is -5.08. The number of nitrogens with one attached hydrogen (secondary N) is 1. The number of nitrogens with two attached hydrogens (primary N) is 1. The van der Waals surface area contributed by atoms with Crippen molar-refractivity contribution in [3.05, 3.63) is 83.4 Å². The van der Waals surface area contributed by atoms with Crippen LogP contribution >= 0.6 is 0 Å². The minimum Gasteiger partial charge on any atom is -0.508 e. The topological polar surface area (TPSA) is 177 Å². The first kappa shape index (κ1) is 40.8. The van der Waals surface area contributed by atoms with Gasteiger partial charge >= 0.3 is 24.1 Å². The summed E-state index contributed by atoms with van der Waals surface area (Å²) in [5, 5.41) is 19.8. The highest BCUT2D eigenvalue weighted by molar-refractivity contribution is 5.95. The molecule has 3 amide bonds. The van der Waals surface area contributed by atoms with Gasteiger partial charge in [-0.3, -0.25) is 4.79 Å². The molecule has 3 aromatic carbocycles. The van der Waals surface area contributed by atoms with Crippen molar-refractivity contribution in [1.29, 1.82) is 0 Å². The molecule has 0 spiro atoms. The van der Waals surface area contributed by atoms with Gasteiger partial charge in [-0.15, -0.1) is 0 Å². The second kappa shape index (κ2) is 18.0. The van der Waals surface area contributed by atoms with E-state index in [0.717, 1.165) is 29.8 Å². The predicted molar refractivity (Wildman–Crippen MR) is 184 cm³/mol. The maximum Gasteiger partial charge on any atom is 0.496 e. The molecule has 0 radical (unpaired) electrons. The molecule has 0 aromatic heterocycles. The summed E-state index contributed by atoms with van der Waals surface area (Å²) in [5.41, 5.74) is 9.36. The number of methoxy groups -OCH3 is 2. The summed E-state index contributed by atoms with van der Waals surface area (Å²) in [5.74, 6) is -2.48. The number of halogens is 3. The summed E-state index contributed by atoms with van der Waals surface area (Å²) in [6.07, 6.45) is -3.52. The lowest BCUT2D eigenvalue weighted by Gasteiger charge is -2.38. The van der Waals surface area contributed by atoms with E-state index < -0.39 is 36.1 Å². The van der Waals surface area contributed by atoms with Gasteiger partial charge in [-0.05, 0) is 67.1 Å². The molecule has 52 heavy (non-hydrogen) atoms. The van der Waals surface area contributed by atoms with Crippen molar-refractivity contribution in [3.8, 4) is 17.2 Å². The second-order valence-corrected chi connectivity index (χ2v) is 12.2. The largest absolute Gasteiger partial charge is 0.508 e. The van der Waals surface area contributed by atoms with Crippen molar-refractivity contribution in [1.82, 2.24) is 0 Å². The number of phenolic OH excluding ortho intramolecular Hbond substituents is 1. The fourth-order valence-electron chi connectivity index (χ4n) is 5.78. The van der Waals surface area contributed by atoms with Crippen LogP contribution in [0.3, 0.4) is 0 Å². The van der Waals surface area contributed by atoms with E-state index in [-0.39, 0.29) is 18.8 Å². The van der Waals surface area contributed by atoms with Gasteiger partial charge < -0.3 is 34.6 Å². The number of primary amides is 1. The summed E-state index contributed by atoms with van der Waals surface area (Å²) in [6, 6.07) is 17.2. The lowest BCUT2D eigenvalue weighted by molar-refractivity contribution is -0.918. The third-order valence-corrected chi connectivity index (χ3v) is 8.19. The van der Waals surface area contributed by atoms with E-state index in [9.17, 15) is 32.7 Å². The summed E-state index contributed by atoms with van der Waals surface area (Å²) >= 11 is 0. The number of esters is 1. The Bertz CT molecular complexity index is 1760. The highest BCUT2D eigenvalue weighted by Gasteiger charge is 2.40. The number of piperidine rings is 1. The van der Waals surface area contributed by atoms with E-state index in [4.69, 9.17) is 29.8 Å². The SMILES string of the molecule is CCOC(=O)c1ccc(NC(=O)/[N+](=C2\CCC[N+](C)(Cc3ccc(OC)c(OC)c3)C2)[C@@H](Cc2ccc(O)cc2)C(N)=O)cc1.O=C(O)C(F)(F)F. The number of rotatable bonds is 11. The first-order chi connectivity index (χ1) is 24.5. The number of phenols is 1. The number of quaternary nitrogens is 1. The highest BCUT2D eigenvalue weighted by atomic mass is 19.4. The van der Waals surface area contributed by atoms with Crippen molar-refractivity contribution in [2.45, 2.75) is 44.9 Å². The quantitative estimate of drug-likeness (QED) is 0.123. The first-order valence-electron chi connectivity index (χ1n) is 16.1. The Kier molecular flexibility index (Phi) is 14.1. The van der Waals surface area contributed by atoms with Gasteiger partial charge in [-0.25, -0.2) is 14.9 Å². The molecule has 16 heteroatoms. The monoisotopic (exact) mass is 732 g/mol. The molecule has 1 heterocycles. The average Bonchev–Trinajstić information content (AvgIpc) is 3.09. The number of carbonyl (C=O) groups excluding carboxylic acids is 3. The van der Waals surface area contributed by atoms with Crippen LogP contribution in [0.15, 0.2) is 66.7 Å². The summed E-state index contributed by atoms with van der Waals surface area (Å²) in [7, 11) is 5.32. The maximum atomic E-state index is 14.1. The zero-order chi connectivity index (χ0) is 38.6. The number of amides is 3. The Morgan fingerprint density at radius 3 is 2.10 bits per heavy atom. The van der Waals surface area contributed by atoms with Gasteiger partial charge in [0.05, 0.1) is 40.0 Å². The van der Waals surface area contributed by atoms with Gasteiger partial charge in [0.1, 0.15) is 30.2 Å². The lowest BCUT2D eigenvalue weighted by atomic mass is 10.0. The van der Waals surface area contributed by atoms with E-state index in [0.29, 0.717) is 46.7 Å². The Morgan fingerprint density at radius 2 is 1.56 bits per heavy atom. The molecule has 0 bridgehead atoms. The molecular weight excluding hydrogens is 689 g/mol. The summed E-state index contributed by atoms with van der Waals surface area (Å²) in [6.45, 7) is 4.01. The molecule has 5 N–H and O–H groups in total. The van der Waals surface area contributed by atoms with Crippen LogP contribution in [-0.2, 0) is 27.3 Å². The van der Waals surface area contributed by atoms with Gasteiger partial charge in [-0.2, -0.15) is 22.5 Å². The number of nitrogens with zero attached hydrogens (tertiary/aromatic N) is 2. The summed E-state index contributed by atoms with van der Waals surface area (Å²) < 4.78 is 49.8. The molecule has 0 saturated carbocycles. The lowest BCUT2D eigenvalue weighted by Crippen LogP contribution is -2.56. The fourth-order valence-corrected chi connectivity index (χ4v) is 5.78. The fraction of sp³-hybridized carbons (Fsp3) is 0.361. The van der Waals surface area contributed by atoms with Crippen molar-refractivity contribution < 1.29 is 65.8 Å².